The van der Waals surface area contributed by atoms with E-state index in [0.717, 1.165) is 0 Å². The van der Waals surface area contributed by atoms with Crippen molar-refractivity contribution in [1.29, 1.82) is 0 Å². The largest absolute Gasteiger partial charge is 0.332 e. The Labute approximate surface area is 108 Å². The maximum absolute atomic E-state index is 11.9. The molecule has 0 aliphatic heterocycles. The van der Waals surface area contributed by atoms with Gasteiger partial charge in [-0.3, -0.25) is 14.7 Å². The monoisotopic (exact) mass is 264 g/mol. The van der Waals surface area contributed by atoms with Gasteiger partial charge in [0.15, 0.2) is 0 Å². The molecule has 0 saturated heterocycles. The summed E-state index contributed by atoms with van der Waals surface area (Å²) in [5.41, 5.74) is 0. The molecule has 0 radical (unpaired) electrons. The topological polar surface area (TPSA) is 78.1 Å². The molecule has 94 valence electrons. The number of aromatic nitrogens is 2. The number of likely N-dealkylation sites (N-methyl/N-ethyl adjacent to an activating group) is 1. The molecule has 2 heterocycles. The van der Waals surface area contributed by atoms with Crippen LogP contribution in [0.4, 0.5) is 5.82 Å². The second-order valence-electron chi connectivity index (χ2n) is 3.66. The Morgan fingerprint density at radius 1 is 1.50 bits per heavy atom. The molecule has 0 spiro atoms. The van der Waals surface area contributed by atoms with Crippen molar-refractivity contribution in [2.24, 2.45) is 0 Å². The quantitative estimate of drug-likeness (QED) is 0.870. The summed E-state index contributed by atoms with van der Waals surface area (Å²) in [5.74, 6) is 0.0772. The number of rotatable bonds is 4. The first-order valence-corrected chi connectivity index (χ1v) is 6.13. The van der Waals surface area contributed by atoms with E-state index in [1.807, 2.05) is 5.38 Å². The molecular weight excluding hydrogens is 252 g/mol. The number of thiophene rings is 1. The molecule has 0 atom stereocenters. The fourth-order valence-electron chi connectivity index (χ4n) is 1.39. The number of H-pyrrole nitrogens is 1. The summed E-state index contributed by atoms with van der Waals surface area (Å²) >= 11 is 1.35. The van der Waals surface area contributed by atoms with Crippen molar-refractivity contribution >= 4 is 29.0 Å². The lowest BCUT2D eigenvalue weighted by molar-refractivity contribution is -0.116. The van der Waals surface area contributed by atoms with Gasteiger partial charge in [0.05, 0.1) is 17.6 Å². The highest BCUT2D eigenvalue weighted by Gasteiger charge is 2.15. The SMILES string of the molecule is CN(CC(=O)Nc1ccn[nH]1)C(=O)c1cccs1. The summed E-state index contributed by atoms with van der Waals surface area (Å²) in [7, 11) is 1.59. The number of carbonyl (C=O) groups excluding carboxylic acids is 2. The molecule has 2 aromatic rings. The van der Waals surface area contributed by atoms with Crippen LogP contribution in [-0.2, 0) is 4.79 Å². The Morgan fingerprint density at radius 2 is 2.33 bits per heavy atom. The highest BCUT2D eigenvalue weighted by atomic mass is 32.1. The van der Waals surface area contributed by atoms with Crippen LogP contribution in [0.25, 0.3) is 0 Å². The van der Waals surface area contributed by atoms with Crippen molar-refractivity contribution in [2.45, 2.75) is 0 Å². The van der Waals surface area contributed by atoms with E-state index in [4.69, 9.17) is 0 Å². The summed E-state index contributed by atoms with van der Waals surface area (Å²) in [5, 5.41) is 10.8. The van der Waals surface area contributed by atoms with Crippen LogP contribution in [0.1, 0.15) is 9.67 Å². The molecule has 2 amide bonds. The van der Waals surface area contributed by atoms with E-state index in [1.54, 1.807) is 25.2 Å². The van der Waals surface area contributed by atoms with Gasteiger partial charge in [-0.25, -0.2) is 0 Å². The second-order valence-corrected chi connectivity index (χ2v) is 4.60. The standard InChI is InChI=1S/C11H12N4O2S/c1-15(11(17)8-3-2-6-18-8)7-10(16)13-9-4-5-12-14-9/h2-6H,7H2,1H3,(H2,12,13,14,16). The number of nitrogens with one attached hydrogen (secondary N) is 2. The number of hydrogen-bond acceptors (Lipinski definition) is 4. The van der Waals surface area contributed by atoms with E-state index in [9.17, 15) is 9.59 Å². The zero-order valence-electron chi connectivity index (χ0n) is 9.71. The van der Waals surface area contributed by atoms with Crippen LogP contribution >= 0.6 is 11.3 Å². The minimum atomic E-state index is -0.272. The summed E-state index contributed by atoms with van der Waals surface area (Å²) in [4.78, 5) is 25.5. The lowest BCUT2D eigenvalue weighted by Crippen LogP contribution is -2.34. The van der Waals surface area contributed by atoms with Crippen molar-refractivity contribution in [3.63, 3.8) is 0 Å². The van der Waals surface area contributed by atoms with E-state index in [0.29, 0.717) is 10.7 Å². The molecular formula is C11H12N4O2S. The van der Waals surface area contributed by atoms with Crippen LogP contribution in [0.2, 0.25) is 0 Å². The zero-order chi connectivity index (χ0) is 13.0. The van der Waals surface area contributed by atoms with Crippen molar-refractivity contribution in [1.82, 2.24) is 15.1 Å². The molecule has 0 saturated carbocycles. The van der Waals surface area contributed by atoms with E-state index in [1.165, 1.54) is 22.4 Å². The average Bonchev–Trinajstić information content (AvgIpc) is 2.99. The molecule has 18 heavy (non-hydrogen) atoms. The number of carbonyl (C=O) groups is 2. The third-order valence-corrected chi connectivity index (χ3v) is 3.09. The summed E-state index contributed by atoms with van der Waals surface area (Å²) < 4.78 is 0. The van der Waals surface area contributed by atoms with Crippen LogP contribution < -0.4 is 5.32 Å². The zero-order valence-corrected chi connectivity index (χ0v) is 10.5. The van der Waals surface area contributed by atoms with Gasteiger partial charge in [-0.2, -0.15) is 5.10 Å². The van der Waals surface area contributed by atoms with E-state index in [2.05, 4.69) is 15.5 Å². The smallest absolute Gasteiger partial charge is 0.264 e. The van der Waals surface area contributed by atoms with Crippen LogP contribution in [-0.4, -0.2) is 40.5 Å². The lowest BCUT2D eigenvalue weighted by atomic mass is 10.4. The normalized spacial score (nSPS) is 10.1. The first-order chi connectivity index (χ1) is 8.66. The first kappa shape index (κ1) is 12.3. The third-order valence-electron chi connectivity index (χ3n) is 2.23. The van der Waals surface area contributed by atoms with Crippen molar-refractivity contribution < 1.29 is 9.59 Å². The van der Waals surface area contributed by atoms with Gasteiger partial charge in [0, 0.05) is 13.1 Å². The van der Waals surface area contributed by atoms with Gasteiger partial charge >= 0.3 is 0 Å². The van der Waals surface area contributed by atoms with Gasteiger partial charge in [0.2, 0.25) is 5.91 Å². The summed E-state index contributed by atoms with van der Waals surface area (Å²) in [6, 6.07) is 5.17. The predicted octanol–water partition coefficient (Wildman–Crippen LogP) is 1.18. The van der Waals surface area contributed by atoms with Gasteiger partial charge in [-0.1, -0.05) is 6.07 Å². The number of anilines is 1. The summed E-state index contributed by atoms with van der Waals surface area (Å²) in [6.45, 7) is -0.00421. The molecule has 2 rings (SSSR count). The number of hydrogen-bond donors (Lipinski definition) is 2. The number of amides is 2. The Bertz CT molecular complexity index is 521. The summed E-state index contributed by atoms with van der Waals surface area (Å²) in [6.07, 6.45) is 1.54. The average molecular weight is 264 g/mol. The van der Waals surface area contributed by atoms with Crippen LogP contribution in [0.3, 0.4) is 0 Å². The van der Waals surface area contributed by atoms with Crippen molar-refractivity contribution in [2.75, 3.05) is 18.9 Å². The Kier molecular flexibility index (Phi) is 3.73. The predicted molar refractivity (Wildman–Crippen MR) is 68.5 cm³/mol. The van der Waals surface area contributed by atoms with Crippen molar-refractivity contribution in [3.8, 4) is 0 Å². The Balaban J connectivity index is 1.89. The van der Waals surface area contributed by atoms with Crippen LogP contribution in [0, 0.1) is 0 Å². The van der Waals surface area contributed by atoms with E-state index < -0.39 is 0 Å². The minimum absolute atomic E-state index is 0.00421. The third kappa shape index (κ3) is 2.95. The van der Waals surface area contributed by atoms with Gasteiger partial charge in [0.1, 0.15) is 5.82 Å². The molecule has 0 aromatic carbocycles. The molecule has 0 bridgehead atoms. The Morgan fingerprint density at radius 3 is 2.94 bits per heavy atom. The lowest BCUT2D eigenvalue weighted by Gasteiger charge is -2.15. The fourth-order valence-corrected chi connectivity index (χ4v) is 2.11. The maximum atomic E-state index is 11.9. The van der Waals surface area contributed by atoms with Gasteiger partial charge in [0.25, 0.3) is 5.91 Å². The minimum Gasteiger partial charge on any atom is -0.332 e. The van der Waals surface area contributed by atoms with Crippen LogP contribution in [0.5, 0.6) is 0 Å². The number of nitrogens with zero attached hydrogens (tertiary/aromatic N) is 2. The second kappa shape index (κ2) is 5.46. The van der Waals surface area contributed by atoms with Gasteiger partial charge in [-0.05, 0) is 11.4 Å². The first-order valence-electron chi connectivity index (χ1n) is 5.25. The van der Waals surface area contributed by atoms with E-state index >= 15 is 0 Å². The number of aromatic amines is 1. The molecule has 2 aromatic heterocycles. The molecule has 6 nitrogen and oxygen atoms in total. The fraction of sp³-hybridized carbons (Fsp3) is 0.182. The molecule has 7 heteroatoms. The van der Waals surface area contributed by atoms with Crippen molar-refractivity contribution in [3.05, 3.63) is 34.7 Å². The highest BCUT2D eigenvalue weighted by molar-refractivity contribution is 7.12. The molecule has 0 aliphatic carbocycles. The Hall–Kier alpha value is -2.15. The maximum Gasteiger partial charge on any atom is 0.264 e. The molecule has 0 aliphatic rings. The van der Waals surface area contributed by atoms with E-state index in [-0.39, 0.29) is 18.4 Å². The highest BCUT2D eigenvalue weighted by Crippen LogP contribution is 2.11. The molecule has 0 fully saturated rings. The molecule has 0 unspecified atom stereocenters. The van der Waals surface area contributed by atoms with Gasteiger partial charge in [-0.15, -0.1) is 11.3 Å². The van der Waals surface area contributed by atoms with Gasteiger partial charge < -0.3 is 10.2 Å². The van der Waals surface area contributed by atoms with Crippen LogP contribution in [0.15, 0.2) is 29.8 Å². The molecule has 2 N–H and O–H groups in total.